The van der Waals surface area contributed by atoms with Crippen molar-refractivity contribution >= 4 is 23.6 Å². The Hall–Kier alpha value is -1.57. The van der Waals surface area contributed by atoms with E-state index in [1.165, 1.54) is 24.6 Å². The molecule has 2 amide bonds. The van der Waals surface area contributed by atoms with Gasteiger partial charge in [0.05, 0.1) is 6.20 Å². The average Bonchev–Trinajstić information content (AvgIpc) is 3.14. The molecule has 0 atom stereocenters. The zero-order valence-electron chi connectivity index (χ0n) is 11.9. The monoisotopic (exact) mass is 311 g/mol. The fourth-order valence-corrected chi connectivity index (χ4v) is 2.94. The van der Waals surface area contributed by atoms with Crippen LogP contribution < -0.4 is 10.6 Å². The van der Waals surface area contributed by atoms with Gasteiger partial charge >= 0.3 is 0 Å². The molecule has 0 radical (unpaired) electrons. The topological polar surface area (TPSA) is 99.8 Å². The van der Waals surface area contributed by atoms with E-state index in [9.17, 15) is 9.59 Å². The number of aromatic amines is 1. The zero-order chi connectivity index (χ0) is 14.9. The number of hydrogen-bond donors (Lipinski definition) is 3. The highest BCUT2D eigenvalue weighted by molar-refractivity contribution is 7.99. The van der Waals surface area contributed by atoms with Crippen LogP contribution in [0.2, 0.25) is 0 Å². The Morgan fingerprint density at radius 1 is 1.29 bits per heavy atom. The molecule has 0 bridgehead atoms. The molecule has 0 spiro atoms. The molecule has 0 saturated heterocycles. The highest BCUT2D eigenvalue weighted by Gasteiger charge is 2.17. The van der Waals surface area contributed by atoms with Crippen molar-refractivity contribution in [2.75, 3.05) is 12.3 Å². The second kappa shape index (κ2) is 8.66. The fraction of sp³-hybridized carbons (Fsp3) is 0.692. The minimum Gasteiger partial charge on any atom is -0.355 e. The summed E-state index contributed by atoms with van der Waals surface area (Å²) >= 11 is 1.52. The minimum absolute atomic E-state index is 0.0194. The van der Waals surface area contributed by atoms with E-state index in [4.69, 9.17) is 0 Å². The summed E-state index contributed by atoms with van der Waals surface area (Å²) in [5.74, 6) is 0.623. The number of H-pyrrole nitrogens is 1. The first-order valence-electron chi connectivity index (χ1n) is 7.28. The minimum atomic E-state index is -0.0858. The van der Waals surface area contributed by atoms with Crippen LogP contribution in [0.5, 0.6) is 0 Å². The Morgan fingerprint density at radius 2 is 2.05 bits per heavy atom. The standard InChI is InChI=1S/C13H21N5O2S/c19-11(14-7-8-21-13-9-15-18-17-13)5-6-12(20)16-10-3-1-2-4-10/h9-10H,1-8H2,(H,14,19)(H,16,20)(H,15,17,18). The molecule has 1 heterocycles. The van der Waals surface area contributed by atoms with Gasteiger partial charge in [0.15, 0.2) is 0 Å². The molecule has 1 fully saturated rings. The summed E-state index contributed by atoms with van der Waals surface area (Å²) in [7, 11) is 0. The van der Waals surface area contributed by atoms with Crippen molar-refractivity contribution in [1.82, 2.24) is 26.0 Å². The Labute approximate surface area is 128 Å². The zero-order valence-corrected chi connectivity index (χ0v) is 12.7. The summed E-state index contributed by atoms with van der Waals surface area (Å²) in [5.41, 5.74) is 0. The van der Waals surface area contributed by atoms with Crippen molar-refractivity contribution < 1.29 is 9.59 Å². The van der Waals surface area contributed by atoms with Crippen LogP contribution in [-0.4, -0.2) is 45.6 Å². The highest BCUT2D eigenvalue weighted by Crippen LogP contribution is 2.17. The number of nitrogens with one attached hydrogen (secondary N) is 3. The molecule has 116 valence electrons. The lowest BCUT2D eigenvalue weighted by Gasteiger charge is -2.11. The summed E-state index contributed by atoms with van der Waals surface area (Å²) in [4.78, 5) is 23.3. The predicted octanol–water partition coefficient (Wildman–Crippen LogP) is 0.852. The largest absolute Gasteiger partial charge is 0.355 e. The maximum atomic E-state index is 11.7. The van der Waals surface area contributed by atoms with Crippen LogP contribution in [0, 0.1) is 0 Å². The molecule has 1 saturated carbocycles. The summed E-state index contributed by atoms with van der Waals surface area (Å²) in [6.45, 7) is 0.556. The van der Waals surface area contributed by atoms with Crippen molar-refractivity contribution in [3.8, 4) is 0 Å². The van der Waals surface area contributed by atoms with Crippen LogP contribution >= 0.6 is 11.8 Å². The lowest BCUT2D eigenvalue weighted by atomic mass is 10.2. The maximum absolute atomic E-state index is 11.7. The SMILES string of the molecule is O=C(CCC(=O)NC1CCCC1)NCCSc1cn[nH]n1. The van der Waals surface area contributed by atoms with Gasteiger partial charge in [0.2, 0.25) is 11.8 Å². The Kier molecular flexibility index (Phi) is 6.52. The molecule has 0 unspecified atom stereocenters. The first-order valence-corrected chi connectivity index (χ1v) is 8.27. The number of amides is 2. The van der Waals surface area contributed by atoms with Crippen LogP contribution in [0.15, 0.2) is 11.2 Å². The van der Waals surface area contributed by atoms with Gasteiger partial charge in [-0.3, -0.25) is 9.59 Å². The van der Waals surface area contributed by atoms with Gasteiger partial charge in [-0.25, -0.2) is 0 Å². The van der Waals surface area contributed by atoms with Crippen LogP contribution in [0.3, 0.4) is 0 Å². The van der Waals surface area contributed by atoms with E-state index in [0.29, 0.717) is 12.6 Å². The lowest BCUT2D eigenvalue weighted by molar-refractivity contribution is -0.126. The maximum Gasteiger partial charge on any atom is 0.220 e. The quantitative estimate of drug-likeness (QED) is 0.488. The van der Waals surface area contributed by atoms with Gasteiger partial charge in [-0.05, 0) is 12.8 Å². The van der Waals surface area contributed by atoms with Crippen LogP contribution in [0.1, 0.15) is 38.5 Å². The second-order valence-corrected chi connectivity index (χ2v) is 6.17. The molecule has 8 heteroatoms. The van der Waals surface area contributed by atoms with Gasteiger partial charge in [0.25, 0.3) is 0 Å². The third kappa shape index (κ3) is 6.16. The van der Waals surface area contributed by atoms with Gasteiger partial charge < -0.3 is 10.6 Å². The molecule has 3 N–H and O–H groups in total. The number of carbonyl (C=O) groups is 2. The molecule has 7 nitrogen and oxygen atoms in total. The molecule has 21 heavy (non-hydrogen) atoms. The van der Waals surface area contributed by atoms with E-state index >= 15 is 0 Å². The first-order chi connectivity index (χ1) is 10.2. The Morgan fingerprint density at radius 3 is 2.76 bits per heavy atom. The first kappa shape index (κ1) is 15.8. The molecule has 1 aromatic heterocycles. The van der Waals surface area contributed by atoms with E-state index in [-0.39, 0.29) is 24.7 Å². The number of thioether (sulfide) groups is 1. The molecular weight excluding hydrogens is 290 g/mol. The summed E-state index contributed by atoms with van der Waals surface area (Å²) < 4.78 is 0. The molecule has 1 aliphatic rings. The van der Waals surface area contributed by atoms with Crippen LogP contribution in [0.25, 0.3) is 0 Å². The van der Waals surface area contributed by atoms with Gasteiger partial charge in [-0.1, -0.05) is 12.8 Å². The van der Waals surface area contributed by atoms with Crippen molar-refractivity contribution in [3.05, 3.63) is 6.20 Å². The predicted molar refractivity (Wildman–Crippen MR) is 79.7 cm³/mol. The van der Waals surface area contributed by atoms with E-state index in [2.05, 4.69) is 26.0 Å². The molecular formula is C13H21N5O2S. The Balaban J connectivity index is 1.49. The molecule has 1 aliphatic carbocycles. The van der Waals surface area contributed by atoms with Crippen molar-refractivity contribution in [2.45, 2.75) is 49.6 Å². The third-order valence-electron chi connectivity index (χ3n) is 3.37. The number of rotatable bonds is 8. The number of hydrogen-bond acceptors (Lipinski definition) is 5. The molecule has 0 aliphatic heterocycles. The average molecular weight is 311 g/mol. The lowest BCUT2D eigenvalue weighted by Crippen LogP contribution is -2.34. The van der Waals surface area contributed by atoms with Crippen molar-refractivity contribution in [1.29, 1.82) is 0 Å². The third-order valence-corrected chi connectivity index (χ3v) is 4.27. The van der Waals surface area contributed by atoms with Crippen molar-refractivity contribution in [2.24, 2.45) is 0 Å². The molecule has 1 aromatic rings. The number of nitrogens with zero attached hydrogens (tertiary/aromatic N) is 2. The normalized spacial score (nSPS) is 15.0. The summed E-state index contributed by atoms with van der Waals surface area (Å²) in [6.07, 6.45) is 6.66. The van der Waals surface area contributed by atoms with Gasteiger partial charge in [-0.2, -0.15) is 10.3 Å². The smallest absolute Gasteiger partial charge is 0.220 e. The summed E-state index contributed by atoms with van der Waals surface area (Å²) in [6, 6.07) is 0.319. The van der Waals surface area contributed by atoms with Gasteiger partial charge in [0.1, 0.15) is 5.03 Å². The van der Waals surface area contributed by atoms with E-state index < -0.39 is 0 Å². The van der Waals surface area contributed by atoms with Crippen LogP contribution in [-0.2, 0) is 9.59 Å². The number of carbonyl (C=O) groups excluding carboxylic acids is 2. The van der Waals surface area contributed by atoms with E-state index in [1.54, 1.807) is 6.20 Å². The van der Waals surface area contributed by atoms with Gasteiger partial charge in [0, 0.05) is 31.2 Å². The van der Waals surface area contributed by atoms with Crippen LogP contribution in [0.4, 0.5) is 0 Å². The molecule has 2 rings (SSSR count). The summed E-state index contributed by atoms with van der Waals surface area (Å²) in [5, 5.41) is 16.7. The Bertz CT molecular complexity index is 445. The number of aromatic nitrogens is 3. The van der Waals surface area contributed by atoms with E-state index in [0.717, 1.165) is 23.6 Å². The second-order valence-electron chi connectivity index (χ2n) is 5.06. The van der Waals surface area contributed by atoms with Gasteiger partial charge in [-0.15, -0.1) is 16.9 Å². The highest BCUT2D eigenvalue weighted by atomic mass is 32.2. The van der Waals surface area contributed by atoms with Crippen molar-refractivity contribution in [3.63, 3.8) is 0 Å². The molecule has 0 aromatic carbocycles. The fourth-order valence-electron chi connectivity index (χ4n) is 2.29. The van der Waals surface area contributed by atoms with E-state index in [1.807, 2.05) is 0 Å².